The van der Waals surface area contributed by atoms with Gasteiger partial charge in [0, 0.05) is 40.3 Å². The van der Waals surface area contributed by atoms with Crippen LogP contribution in [0.3, 0.4) is 0 Å². The zero-order valence-corrected chi connectivity index (χ0v) is 16.6. The third-order valence-electron chi connectivity index (χ3n) is 5.85. The summed E-state index contributed by atoms with van der Waals surface area (Å²) in [5, 5.41) is 0. The fraction of sp³-hybridized carbons (Fsp3) is 0.250. The summed E-state index contributed by atoms with van der Waals surface area (Å²) in [7, 11) is 8.59. The van der Waals surface area contributed by atoms with Crippen LogP contribution in [0.1, 0.15) is 11.1 Å². The molecular formula is C24H27N3. The van der Waals surface area contributed by atoms with Crippen LogP contribution < -0.4 is 14.7 Å². The Morgan fingerprint density at radius 3 is 1.74 bits per heavy atom. The average molecular weight is 358 g/mol. The van der Waals surface area contributed by atoms with Crippen LogP contribution in [0.25, 0.3) is 0 Å². The van der Waals surface area contributed by atoms with E-state index in [0.717, 1.165) is 6.42 Å². The third kappa shape index (κ3) is 2.74. The van der Waals surface area contributed by atoms with Gasteiger partial charge in [-0.2, -0.15) is 0 Å². The smallest absolute Gasteiger partial charge is 0.143 e. The van der Waals surface area contributed by atoms with E-state index < -0.39 is 0 Å². The molecule has 0 saturated heterocycles. The Hall–Kier alpha value is -2.94. The molecule has 3 nitrogen and oxygen atoms in total. The molecular weight excluding hydrogens is 330 g/mol. The molecule has 1 aliphatic rings. The van der Waals surface area contributed by atoms with Gasteiger partial charge in [0.2, 0.25) is 0 Å². The molecule has 3 aromatic rings. The van der Waals surface area contributed by atoms with E-state index in [-0.39, 0.29) is 5.66 Å². The van der Waals surface area contributed by atoms with Crippen molar-refractivity contribution in [3.8, 4) is 0 Å². The van der Waals surface area contributed by atoms with Gasteiger partial charge < -0.3 is 14.7 Å². The molecule has 0 N–H and O–H groups in total. The molecule has 27 heavy (non-hydrogen) atoms. The Morgan fingerprint density at radius 2 is 1.22 bits per heavy atom. The lowest BCUT2D eigenvalue weighted by Crippen LogP contribution is -2.53. The monoisotopic (exact) mass is 357 g/mol. The molecule has 3 heteroatoms. The van der Waals surface area contributed by atoms with Crippen molar-refractivity contribution in [3.63, 3.8) is 0 Å². The Kier molecular flexibility index (Phi) is 4.31. The summed E-state index contributed by atoms with van der Waals surface area (Å²) in [6, 6.07) is 28.4. The molecule has 0 radical (unpaired) electrons. The van der Waals surface area contributed by atoms with E-state index in [0.29, 0.717) is 0 Å². The lowest BCUT2D eigenvalue weighted by atomic mass is 9.89. The van der Waals surface area contributed by atoms with Gasteiger partial charge >= 0.3 is 0 Å². The van der Waals surface area contributed by atoms with Gasteiger partial charge in [-0.05, 0) is 35.4 Å². The number of likely N-dealkylation sites (N-methyl/N-ethyl adjacent to an activating group) is 2. The summed E-state index contributed by atoms with van der Waals surface area (Å²) in [4.78, 5) is 7.00. The molecule has 0 atom stereocenters. The van der Waals surface area contributed by atoms with Gasteiger partial charge in [0.05, 0.1) is 11.4 Å². The van der Waals surface area contributed by atoms with Gasteiger partial charge in [-0.1, -0.05) is 54.6 Å². The topological polar surface area (TPSA) is 9.72 Å². The van der Waals surface area contributed by atoms with Crippen molar-refractivity contribution in [1.29, 1.82) is 0 Å². The zero-order valence-electron chi connectivity index (χ0n) is 16.6. The number of nitrogens with zero attached hydrogens (tertiary/aromatic N) is 3. The Bertz CT molecular complexity index is 887. The first kappa shape index (κ1) is 17.5. The number of hydrogen-bond acceptors (Lipinski definition) is 3. The van der Waals surface area contributed by atoms with Crippen LogP contribution >= 0.6 is 0 Å². The highest BCUT2D eigenvalue weighted by Crippen LogP contribution is 2.49. The summed E-state index contributed by atoms with van der Waals surface area (Å²) in [5.41, 5.74) is 6.14. The van der Waals surface area contributed by atoms with Gasteiger partial charge in [-0.25, -0.2) is 0 Å². The molecule has 0 unspecified atom stereocenters. The maximum absolute atomic E-state index is 2.43. The first-order valence-corrected chi connectivity index (χ1v) is 9.42. The SMILES string of the molecule is CN(C)c1ccc(C2(Cc3ccccc3)N(C)c3ccccc3N2C)cc1. The molecule has 0 bridgehead atoms. The quantitative estimate of drug-likeness (QED) is 0.668. The maximum atomic E-state index is 2.43. The minimum atomic E-state index is -0.254. The van der Waals surface area contributed by atoms with Crippen molar-refractivity contribution < 1.29 is 0 Å². The van der Waals surface area contributed by atoms with Crippen molar-refractivity contribution in [2.75, 3.05) is 42.9 Å². The van der Waals surface area contributed by atoms with Crippen molar-refractivity contribution in [3.05, 3.63) is 90.0 Å². The van der Waals surface area contributed by atoms with E-state index in [9.17, 15) is 0 Å². The summed E-state index contributed by atoms with van der Waals surface area (Å²) in [6.45, 7) is 0. The number of benzene rings is 3. The molecule has 138 valence electrons. The van der Waals surface area contributed by atoms with Crippen molar-refractivity contribution in [2.24, 2.45) is 0 Å². The fourth-order valence-corrected chi connectivity index (χ4v) is 4.29. The number of para-hydroxylation sites is 2. The van der Waals surface area contributed by atoms with Crippen molar-refractivity contribution in [2.45, 2.75) is 12.1 Å². The molecule has 0 spiro atoms. The highest BCUT2D eigenvalue weighted by atomic mass is 15.4. The van der Waals surface area contributed by atoms with Crippen LogP contribution in [0, 0.1) is 0 Å². The zero-order chi connectivity index (χ0) is 19.0. The minimum Gasteiger partial charge on any atom is -0.378 e. The second-order valence-corrected chi connectivity index (χ2v) is 7.53. The first-order chi connectivity index (χ1) is 13.0. The highest BCUT2D eigenvalue weighted by molar-refractivity contribution is 5.80. The standard InChI is InChI=1S/C24H27N3/c1-25(2)21-16-14-20(15-17-21)24(18-19-10-6-5-7-11-19)26(3)22-12-8-9-13-23(22)27(24)4/h5-17H,18H2,1-4H3. The van der Waals surface area contributed by atoms with Gasteiger partial charge in [-0.3, -0.25) is 0 Å². The predicted molar refractivity (Wildman–Crippen MR) is 116 cm³/mol. The number of hydrogen-bond donors (Lipinski definition) is 0. The normalized spacial score (nSPS) is 15.0. The number of anilines is 3. The van der Waals surface area contributed by atoms with E-state index >= 15 is 0 Å². The van der Waals surface area contributed by atoms with Gasteiger partial charge in [0.25, 0.3) is 0 Å². The van der Waals surface area contributed by atoms with E-state index in [1.165, 1.54) is 28.2 Å². The molecule has 0 saturated carbocycles. The van der Waals surface area contributed by atoms with E-state index in [1.54, 1.807) is 0 Å². The third-order valence-corrected chi connectivity index (χ3v) is 5.85. The molecule has 0 amide bonds. The Balaban J connectivity index is 1.86. The lowest BCUT2D eigenvalue weighted by molar-refractivity contribution is 0.430. The highest BCUT2D eigenvalue weighted by Gasteiger charge is 2.47. The second kappa shape index (κ2) is 6.66. The molecule has 0 aliphatic carbocycles. The van der Waals surface area contributed by atoms with Gasteiger partial charge in [0.1, 0.15) is 5.66 Å². The predicted octanol–water partition coefficient (Wildman–Crippen LogP) is 4.73. The maximum Gasteiger partial charge on any atom is 0.143 e. The van der Waals surface area contributed by atoms with E-state index in [2.05, 4.69) is 122 Å². The minimum absolute atomic E-state index is 0.254. The summed E-state index contributed by atoms with van der Waals surface area (Å²) in [5.74, 6) is 0. The van der Waals surface area contributed by atoms with Crippen LogP contribution in [0.5, 0.6) is 0 Å². The van der Waals surface area contributed by atoms with Crippen molar-refractivity contribution >= 4 is 17.1 Å². The summed E-state index contributed by atoms with van der Waals surface area (Å²) in [6.07, 6.45) is 0.914. The van der Waals surface area contributed by atoms with E-state index in [1.807, 2.05) is 0 Å². The molecule has 0 aromatic heterocycles. The summed E-state index contributed by atoms with van der Waals surface area (Å²) < 4.78 is 0. The van der Waals surface area contributed by atoms with Crippen LogP contribution in [-0.2, 0) is 12.1 Å². The van der Waals surface area contributed by atoms with Crippen LogP contribution in [-0.4, -0.2) is 28.2 Å². The molecule has 1 aliphatic heterocycles. The van der Waals surface area contributed by atoms with Crippen molar-refractivity contribution in [1.82, 2.24) is 0 Å². The largest absolute Gasteiger partial charge is 0.378 e. The fourth-order valence-electron chi connectivity index (χ4n) is 4.29. The Labute approximate surface area is 162 Å². The lowest BCUT2D eigenvalue weighted by Gasteiger charge is -2.44. The van der Waals surface area contributed by atoms with Crippen LogP contribution in [0.15, 0.2) is 78.9 Å². The van der Waals surface area contributed by atoms with Gasteiger partial charge in [0.15, 0.2) is 0 Å². The van der Waals surface area contributed by atoms with Gasteiger partial charge in [-0.15, -0.1) is 0 Å². The molecule has 4 rings (SSSR count). The number of fused-ring (bicyclic) bond motifs is 1. The molecule has 0 fully saturated rings. The molecule has 1 heterocycles. The van der Waals surface area contributed by atoms with E-state index in [4.69, 9.17) is 0 Å². The number of rotatable bonds is 4. The first-order valence-electron chi connectivity index (χ1n) is 9.42. The van der Waals surface area contributed by atoms with Crippen LogP contribution in [0.2, 0.25) is 0 Å². The summed E-state index contributed by atoms with van der Waals surface area (Å²) >= 11 is 0. The average Bonchev–Trinajstić information content (AvgIpc) is 2.92. The molecule has 3 aromatic carbocycles. The van der Waals surface area contributed by atoms with Crippen LogP contribution in [0.4, 0.5) is 17.1 Å². The Morgan fingerprint density at radius 1 is 0.704 bits per heavy atom. The second-order valence-electron chi connectivity index (χ2n) is 7.53.